The molecule has 54 valence electrons. The van der Waals surface area contributed by atoms with Gasteiger partial charge in [0.15, 0.2) is 6.10 Å². The molecule has 1 fully saturated rings. The standard InChI is InChI=1S/C6H6O4/c1-2-4-3-9-5(7)6(8)10-4/h2,4H,1,3H2. The number of cyclic esters (lactones) is 2. The molecular formula is C6H6O4. The maximum atomic E-state index is 10.4. The Morgan fingerprint density at radius 2 is 2.20 bits per heavy atom. The predicted molar refractivity (Wildman–Crippen MR) is 31.0 cm³/mol. The van der Waals surface area contributed by atoms with Crippen molar-refractivity contribution in [3.8, 4) is 0 Å². The fourth-order valence-corrected chi connectivity index (χ4v) is 0.553. The zero-order valence-corrected chi connectivity index (χ0v) is 5.20. The van der Waals surface area contributed by atoms with Crippen LogP contribution < -0.4 is 0 Å². The molecule has 0 aliphatic carbocycles. The SMILES string of the molecule is C=CC1COC(=O)C(=O)O1. The van der Waals surface area contributed by atoms with Crippen LogP contribution >= 0.6 is 0 Å². The molecule has 0 saturated carbocycles. The van der Waals surface area contributed by atoms with Gasteiger partial charge in [0.1, 0.15) is 6.61 Å². The summed E-state index contributed by atoms with van der Waals surface area (Å²) < 4.78 is 8.93. The summed E-state index contributed by atoms with van der Waals surface area (Å²) in [6, 6.07) is 0. The lowest BCUT2D eigenvalue weighted by Crippen LogP contribution is -2.35. The number of hydrogen-bond acceptors (Lipinski definition) is 4. The third kappa shape index (κ3) is 1.15. The summed E-state index contributed by atoms with van der Waals surface area (Å²) in [5.74, 6) is -1.88. The molecule has 0 N–H and O–H groups in total. The molecule has 4 heteroatoms. The molecule has 0 aromatic heterocycles. The maximum absolute atomic E-state index is 10.4. The van der Waals surface area contributed by atoms with Crippen LogP contribution in [0.1, 0.15) is 0 Å². The summed E-state index contributed by atoms with van der Waals surface area (Å²) in [5, 5.41) is 0. The lowest BCUT2D eigenvalue weighted by molar-refractivity contribution is -0.181. The van der Waals surface area contributed by atoms with Crippen LogP contribution in [0.4, 0.5) is 0 Å². The van der Waals surface area contributed by atoms with Crippen LogP contribution in [-0.2, 0) is 19.1 Å². The Kier molecular flexibility index (Phi) is 1.71. The Bertz CT molecular complexity index is 184. The zero-order chi connectivity index (χ0) is 7.56. The van der Waals surface area contributed by atoms with Gasteiger partial charge in [0.2, 0.25) is 0 Å². The highest BCUT2D eigenvalue weighted by Gasteiger charge is 2.27. The quantitative estimate of drug-likeness (QED) is 0.285. The van der Waals surface area contributed by atoms with Gasteiger partial charge in [0.05, 0.1) is 0 Å². The van der Waals surface area contributed by atoms with Crippen molar-refractivity contribution in [2.75, 3.05) is 6.61 Å². The molecule has 1 atom stereocenters. The van der Waals surface area contributed by atoms with Crippen LogP contribution in [0.15, 0.2) is 12.7 Å². The largest absolute Gasteiger partial charge is 0.453 e. The van der Waals surface area contributed by atoms with Gasteiger partial charge >= 0.3 is 11.9 Å². The number of carbonyl (C=O) groups is 2. The molecule has 1 aliphatic rings. The molecule has 1 unspecified atom stereocenters. The van der Waals surface area contributed by atoms with Crippen molar-refractivity contribution < 1.29 is 19.1 Å². The van der Waals surface area contributed by atoms with Gasteiger partial charge in [-0.15, -0.1) is 0 Å². The molecule has 1 heterocycles. The Labute approximate surface area is 57.4 Å². The second-order valence-electron chi connectivity index (χ2n) is 1.78. The summed E-state index contributed by atoms with van der Waals surface area (Å²) in [4.78, 5) is 20.7. The van der Waals surface area contributed by atoms with Crippen molar-refractivity contribution in [3.63, 3.8) is 0 Å². The highest BCUT2D eigenvalue weighted by atomic mass is 16.6. The van der Waals surface area contributed by atoms with Gasteiger partial charge in [-0.25, -0.2) is 9.59 Å². The Balaban J connectivity index is 2.56. The first-order valence-corrected chi connectivity index (χ1v) is 2.74. The number of rotatable bonds is 1. The minimum absolute atomic E-state index is 0.0775. The molecular weight excluding hydrogens is 136 g/mol. The molecule has 0 bridgehead atoms. The summed E-state index contributed by atoms with van der Waals surface area (Å²) in [5.41, 5.74) is 0. The first kappa shape index (κ1) is 6.80. The topological polar surface area (TPSA) is 52.6 Å². The number of hydrogen-bond donors (Lipinski definition) is 0. The molecule has 0 spiro atoms. The van der Waals surface area contributed by atoms with Gasteiger partial charge in [-0.2, -0.15) is 0 Å². The van der Waals surface area contributed by atoms with E-state index in [1.165, 1.54) is 6.08 Å². The summed E-state index contributed by atoms with van der Waals surface area (Å²) >= 11 is 0. The third-order valence-corrected chi connectivity index (χ3v) is 1.07. The van der Waals surface area contributed by atoms with E-state index in [4.69, 9.17) is 0 Å². The van der Waals surface area contributed by atoms with E-state index in [0.29, 0.717) is 0 Å². The van der Waals surface area contributed by atoms with Crippen molar-refractivity contribution >= 4 is 11.9 Å². The summed E-state index contributed by atoms with van der Waals surface area (Å²) in [6.07, 6.45) is 0.926. The fourth-order valence-electron chi connectivity index (χ4n) is 0.553. The van der Waals surface area contributed by atoms with Gasteiger partial charge in [-0.05, 0) is 6.08 Å². The second-order valence-corrected chi connectivity index (χ2v) is 1.78. The molecule has 4 nitrogen and oxygen atoms in total. The molecule has 0 aromatic carbocycles. The minimum atomic E-state index is -0.948. The zero-order valence-electron chi connectivity index (χ0n) is 5.20. The van der Waals surface area contributed by atoms with E-state index in [1.54, 1.807) is 0 Å². The van der Waals surface area contributed by atoms with E-state index in [2.05, 4.69) is 16.1 Å². The van der Waals surface area contributed by atoms with E-state index in [1.807, 2.05) is 0 Å². The lowest BCUT2D eigenvalue weighted by atomic mass is 10.3. The van der Waals surface area contributed by atoms with Crippen molar-refractivity contribution in [2.24, 2.45) is 0 Å². The van der Waals surface area contributed by atoms with Crippen molar-refractivity contribution in [2.45, 2.75) is 6.10 Å². The highest BCUT2D eigenvalue weighted by Crippen LogP contribution is 2.02. The van der Waals surface area contributed by atoms with Crippen LogP contribution in [0.5, 0.6) is 0 Å². The van der Waals surface area contributed by atoms with Gasteiger partial charge in [0, 0.05) is 0 Å². The van der Waals surface area contributed by atoms with E-state index >= 15 is 0 Å². The lowest BCUT2D eigenvalue weighted by Gasteiger charge is -2.17. The first-order valence-electron chi connectivity index (χ1n) is 2.74. The summed E-state index contributed by atoms with van der Waals surface area (Å²) in [6.45, 7) is 3.45. The average molecular weight is 142 g/mol. The van der Waals surface area contributed by atoms with Crippen LogP contribution in [-0.4, -0.2) is 24.6 Å². The molecule has 1 saturated heterocycles. The van der Waals surface area contributed by atoms with Crippen LogP contribution in [0, 0.1) is 0 Å². The van der Waals surface area contributed by atoms with Crippen LogP contribution in [0.3, 0.4) is 0 Å². The monoisotopic (exact) mass is 142 g/mol. The Morgan fingerprint density at radius 3 is 2.70 bits per heavy atom. The van der Waals surface area contributed by atoms with Gasteiger partial charge < -0.3 is 9.47 Å². The minimum Gasteiger partial charge on any atom is -0.453 e. The van der Waals surface area contributed by atoms with Crippen LogP contribution in [0.2, 0.25) is 0 Å². The average Bonchev–Trinajstić information content (AvgIpc) is 1.95. The molecule has 0 amide bonds. The van der Waals surface area contributed by atoms with E-state index in [-0.39, 0.29) is 6.61 Å². The normalized spacial score (nSPS) is 25.0. The van der Waals surface area contributed by atoms with E-state index < -0.39 is 18.0 Å². The molecule has 10 heavy (non-hydrogen) atoms. The maximum Gasteiger partial charge on any atom is 0.418 e. The van der Waals surface area contributed by atoms with Crippen molar-refractivity contribution in [1.29, 1.82) is 0 Å². The Morgan fingerprint density at radius 1 is 1.50 bits per heavy atom. The fraction of sp³-hybridized carbons (Fsp3) is 0.333. The van der Waals surface area contributed by atoms with Crippen molar-refractivity contribution in [1.82, 2.24) is 0 Å². The summed E-state index contributed by atoms with van der Waals surface area (Å²) in [7, 11) is 0. The van der Waals surface area contributed by atoms with Gasteiger partial charge in [0.25, 0.3) is 0 Å². The predicted octanol–water partition coefficient (Wildman–Crippen LogP) is -0.359. The van der Waals surface area contributed by atoms with Crippen molar-refractivity contribution in [3.05, 3.63) is 12.7 Å². The highest BCUT2D eigenvalue weighted by molar-refractivity contribution is 6.30. The molecule has 0 aromatic rings. The van der Waals surface area contributed by atoms with E-state index in [0.717, 1.165) is 0 Å². The third-order valence-electron chi connectivity index (χ3n) is 1.07. The number of esters is 2. The Hall–Kier alpha value is -1.32. The van der Waals surface area contributed by atoms with Crippen LogP contribution in [0.25, 0.3) is 0 Å². The second kappa shape index (κ2) is 2.51. The molecule has 1 aliphatic heterocycles. The smallest absolute Gasteiger partial charge is 0.418 e. The molecule has 1 rings (SSSR count). The van der Waals surface area contributed by atoms with E-state index in [9.17, 15) is 9.59 Å². The number of carbonyl (C=O) groups excluding carboxylic acids is 2. The number of ether oxygens (including phenoxy) is 2. The van der Waals surface area contributed by atoms with Gasteiger partial charge in [-0.3, -0.25) is 0 Å². The first-order chi connectivity index (χ1) is 4.74. The molecule has 0 radical (unpaired) electrons. The van der Waals surface area contributed by atoms with Gasteiger partial charge in [-0.1, -0.05) is 6.58 Å².